The minimum Gasteiger partial charge on any atom is -0.508 e. The Morgan fingerprint density at radius 1 is 1.27 bits per heavy atom. The molecule has 1 fully saturated rings. The van der Waals surface area contributed by atoms with Crippen LogP contribution in [0.5, 0.6) is 0 Å². The molecule has 2 aliphatic rings. The smallest absolute Gasteiger partial charge is 0.195 e. The average molecular weight is 431 g/mol. The number of fused-ring (bicyclic) bond motifs is 2. The van der Waals surface area contributed by atoms with Gasteiger partial charge in [0.05, 0.1) is 17.2 Å². The van der Waals surface area contributed by atoms with Crippen LogP contribution in [0.3, 0.4) is 0 Å². The Hall–Kier alpha value is -2.21. The highest BCUT2D eigenvalue weighted by Gasteiger charge is 2.56. The highest BCUT2D eigenvalue weighted by Crippen LogP contribution is 2.49. The number of aryl methyl sites for hydroxylation is 1. The molecule has 0 saturated carbocycles. The molecule has 30 heavy (non-hydrogen) atoms. The van der Waals surface area contributed by atoms with E-state index in [4.69, 9.17) is 21.1 Å². The van der Waals surface area contributed by atoms with E-state index in [0.29, 0.717) is 36.1 Å². The number of halogens is 2. The number of rotatable bonds is 5. The molecule has 2 aromatic rings. The van der Waals surface area contributed by atoms with Gasteiger partial charge < -0.3 is 14.6 Å². The summed E-state index contributed by atoms with van der Waals surface area (Å²) in [4.78, 5) is 13.2. The van der Waals surface area contributed by atoms with E-state index in [-0.39, 0.29) is 22.5 Å². The normalized spacial score (nSPS) is 25.8. The van der Waals surface area contributed by atoms with Crippen LogP contribution in [-0.2, 0) is 20.7 Å². The van der Waals surface area contributed by atoms with Gasteiger partial charge in [0.1, 0.15) is 23.3 Å². The van der Waals surface area contributed by atoms with Crippen molar-refractivity contribution in [2.24, 2.45) is 5.92 Å². The molecule has 0 aliphatic carbocycles. The van der Waals surface area contributed by atoms with Gasteiger partial charge in [0.2, 0.25) is 0 Å². The van der Waals surface area contributed by atoms with Crippen LogP contribution >= 0.6 is 11.6 Å². The number of aliphatic hydroxyl groups is 1. The molecule has 2 bridgehead atoms. The lowest BCUT2D eigenvalue weighted by atomic mass is 9.84. The number of hydrogen-bond acceptors (Lipinski definition) is 4. The number of carbonyl (C=O) groups is 1. The maximum Gasteiger partial charge on any atom is 0.195 e. The van der Waals surface area contributed by atoms with Crippen molar-refractivity contribution >= 4 is 23.0 Å². The Morgan fingerprint density at radius 2 is 1.97 bits per heavy atom. The lowest BCUT2D eigenvalue weighted by molar-refractivity contribution is -0.132. The molecular weight excluding hydrogens is 407 g/mol. The predicted octanol–water partition coefficient (Wildman–Crippen LogP) is 5.37. The molecule has 4 rings (SSSR count). The highest BCUT2D eigenvalue weighted by atomic mass is 35.5. The first kappa shape index (κ1) is 21.0. The number of ketones is 1. The third-order valence-corrected chi connectivity index (χ3v) is 6.60. The molecule has 0 radical (unpaired) electrons. The first-order valence-electron chi connectivity index (χ1n) is 10.0. The van der Waals surface area contributed by atoms with Crippen molar-refractivity contribution in [3.8, 4) is 11.1 Å². The lowest BCUT2D eigenvalue weighted by Crippen LogP contribution is -2.41. The number of Topliss-reactive ketones (excluding diaryl/α,β-unsaturated/α-hetero) is 1. The summed E-state index contributed by atoms with van der Waals surface area (Å²) in [5.41, 5.74) is 2.29. The van der Waals surface area contributed by atoms with Crippen molar-refractivity contribution in [3.05, 3.63) is 64.1 Å². The van der Waals surface area contributed by atoms with E-state index in [9.17, 15) is 14.3 Å². The predicted molar refractivity (Wildman–Crippen MR) is 114 cm³/mol. The van der Waals surface area contributed by atoms with E-state index < -0.39 is 17.5 Å². The van der Waals surface area contributed by atoms with E-state index in [1.54, 1.807) is 13.2 Å². The number of benzene rings is 2. The summed E-state index contributed by atoms with van der Waals surface area (Å²) in [6.45, 7) is 4.19. The summed E-state index contributed by atoms with van der Waals surface area (Å²) in [5, 5.41) is 11.3. The second-order valence-electron chi connectivity index (χ2n) is 8.04. The van der Waals surface area contributed by atoms with Crippen molar-refractivity contribution < 1.29 is 23.8 Å². The van der Waals surface area contributed by atoms with Crippen LogP contribution in [0.2, 0.25) is 5.02 Å². The van der Waals surface area contributed by atoms with E-state index in [1.165, 1.54) is 12.1 Å². The molecule has 6 heteroatoms. The molecule has 0 aromatic heterocycles. The van der Waals surface area contributed by atoms with Gasteiger partial charge in [-0.15, -0.1) is 0 Å². The molecule has 4 nitrogen and oxygen atoms in total. The van der Waals surface area contributed by atoms with Gasteiger partial charge in [-0.25, -0.2) is 4.39 Å². The van der Waals surface area contributed by atoms with Crippen molar-refractivity contribution in [1.29, 1.82) is 0 Å². The summed E-state index contributed by atoms with van der Waals surface area (Å²) < 4.78 is 25.2. The third-order valence-electron chi connectivity index (χ3n) is 6.29. The fourth-order valence-corrected chi connectivity index (χ4v) is 4.64. The van der Waals surface area contributed by atoms with Gasteiger partial charge in [0.25, 0.3) is 0 Å². The molecule has 2 aromatic carbocycles. The van der Waals surface area contributed by atoms with E-state index in [2.05, 4.69) is 0 Å². The van der Waals surface area contributed by atoms with Crippen molar-refractivity contribution in [2.75, 3.05) is 13.7 Å². The number of aliphatic hydroxyl groups excluding tert-OH is 1. The quantitative estimate of drug-likeness (QED) is 0.692. The summed E-state index contributed by atoms with van der Waals surface area (Å²) in [6.07, 6.45) is 0.570. The Labute approximate surface area is 180 Å². The minimum absolute atomic E-state index is 0.0535. The summed E-state index contributed by atoms with van der Waals surface area (Å²) >= 11 is 5.82. The van der Waals surface area contributed by atoms with E-state index in [0.717, 1.165) is 11.1 Å². The van der Waals surface area contributed by atoms with Crippen molar-refractivity contribution in [2.45, 2.75) is 38.4 Å². The third kappa shape index (κ3) is 3.25. The zero-order valence-electron chi connectivity index (χ0n) is 17.2. The lowest BCUT2D eigenvalue weighted by Gasteiger charge is -2.34. The molecule has 2 aliphatic heterocycles. The molecule has 158 valence electrons. The van der Waals surface area contributed by atoms with Crippen LogP contribution in [0.15, 0.2) is 42.2 Å². The Kier molecular flexibility index (Phi) is 5.47. The second kappa shape index (κ2) is 7.80. The fourth-order valence-electron chi connectivity index (χ4n) is 4.52. The zero-order valence-corrected chi connectivity index (χ0v) is 17.9. The topological polar surface area (TPSA) is 55.8 Å². The minimum atomic E-state index is -0.975. The molecule has 1 unspecified atom stereocenters. The molecule has 1 saturated heterocycles. The molecular formula is C24H24ClFO4. The maximum absolute atomic E-state index is 14.0. The molecule has 0 spiro atoms. The van der Waals surface area contributed by atoms with Gasteiger partial charge in [0.15, 0.2) is 5.78 Å². The molecule has 0 amide bonds. The molecule has 2 heterocycles. The van der Waals surface area contributed by atoms with Crippen LogP contribution in [0, 0.1) is 11.7 Å². The van der Waals surface area contributed by atoms with E-state index in [1.807, 2.05) is 32.0 Å². The number of carbonyl (C=O) groups excluding carboxylic acids is 1. The second-order valence-corrected chi connectivity index (χ2v) is 8.45. The van der Waals surface area contributed by atoms with Gasteiger partial charge >= 0.3 is 0 Å². The van der Waals surface area contributed by atoms with Crippen molar-refractivity contribution in [1.82, 2.24) is 0 Å². The molecule has 3 atom stereocenters. The number of hydrogen-bond donors (Lipinski definition) is 1. The van der Waals surface area contributed by atoms with E-state index >= 15 is 0 Å². The monoisotopic (exact) mass is 430 g/mol. The number of methoxy groups -OCH3 is 1. The summed E-state index contributed by atoms with van der Waals surface area (Å²) in [7, 11) is 1.60. The first-order chi connectivity index (χ1) is 14.3. The van der Waals surface area contributed by atoms with Gasteiger partial charge in [-0.3, -0.25) is 4.79 Å². The first-order valence-corrected chi connectivity index (χ1v) is 10.4. The Morgan fingerprint density at radius 3 is 2.63 bits per heavy atom. The highest BCUT2D eigenvalue weighted by molar-refractivity contribution is 6.30. The van der Waals surface area contributed by atoms with Gasteiger partial charge in [-0.1, -0.05) is 36.7 Å². The van der Waals surface area contributed by atoms with Crippen LogP contribution in [0.1, 0.15) is 31.4 Å². The molecule has 1 N–H and O–H groups in total. The largest absolute Gasteiger partial charge is 0.508 e. The SMILES string of the molecule is CCc1ccc(-c2ccc(Cl)c(F)c2)cc1C1=C(O)[C@]2(C)O[C@@H](CC2COC)C1=O. The van der Waals surface area contributed by atoms with Crippen LogP contribution in [0.4, 0.5) is 4.39 Å². The van der Waals surface area contributed by atoms with Crippen LogP contribution < -0.4 is 0 Å². The van der Waals surface area contributed by atoms with Gasteiger partial charge in [0, 0.05) is 13.0 Å². The Bertz CT molecular complexity index is 1050. The van der Waals surface area contributed by atoms with Gasteiger partial charge in [-0.2, -0.15) is 0 Å². The van der Waals surface area contributed by atoms with Crippen molar-refractivity contribution in [3.63, 3.8) is 0 Å². The standard InChI is InChI=1S/C24H24ClFO4/c1-4-13-5-6-14(15-7-8-18(25)19(26)10-15)9-17(13)21-22(27)20-11-16(12-29-3)24(2,30-20)23(21)28/h5-10,16,20,28H,4,11-12H2,1-3H3/t16?,20-,24+/m0/s1. The summed E-state index contributed by atoms with van der Waals surface area (Å²) in [5.74, 6) is -0.907. The van der Waals surface area contributed by atoms with Gasteiger partial charge in [-0.05, 0) is 60.2 Å². The number of ether oxygens (including phenoxy) is 2. The van der Waals surface area contributed by atoms with Crippen LogP contribution in [-0.4, -0.2) is 36.3 Å². The van der Waals surface area contributed by atoms with Crippen LogP contribution in [0.25, 0.3) is 16.7 Å². The summed E-state index contributed by atoms with van der Waals surface area (Å²) in [6, 6.07) is 10.2. The fraction of sp³-hybridized carbons (Fsp3) is 0.375. The Balaban J connectivity index is 1.87. The maximum atomic E-state index is 14.0. The average Bonchev–Trinajstić information content (AvgIpc) is 3.04. The zero-order chi connectivity index (χ0) is 21.6.